The summed E-state index contributed by atoms with van der Waals surface area (Å²) in [6, 6.07) is 27.3. The minimum absolute atomic E-state index is 0.0132. The normalized spacial score (nSPS) is 17.4. The monoisotopic (exact) mass is 624 g/mol. The lowest BCUT2D eigenvalue weighted by Crippen LogP contribution is -2.29. The maximum absolute atomic E-state index is 11.6. The van der Waals surface area contributed by atoms with E-state index in [1.165, 1.54) is 5.56 Å². The molecule has 7 heteroatoms. The molecule has 0 unspecified atom stereocenters. The third-order valence-corrected chi connectivity index (χ3v) is 9.53. The van der Waals surface area contributed by atoms with E-state index in [2.05, 4.69) is 91.8 Å². The lowest BCUT2D eigenvalue weighted by molar-refractivity contribution is -0.436. The van der Waals surface area contributed by atoms with Crippen LogP contribution in [0.15, 0.2) is 108 Å². The SMILES string of the molecule is CC1(C)C(/C=C/C(C#N)=C/C=C2/N(CCOC=O)c3ccc4ccccc4c3C2(C)C)=[N+](CCC(=O)O)c2ccc3ccccc3c21. The van der Waals surface area contributed by atoms with Gasteiger partial charge in [0.1, 0.15) is 13.0 Å². The van der Waals surface area contributed by atoms with Gasteiger partial charge in [0.25, 0.3) is 6.47 Å². The Hall–Kier alpha value is -5.48. The average Bonchev–Trinajstić information content (AvgIpc) is 3.42. The fourth-order valence-corrected chi connectivity index (χ4v) is 7.42. The van der Waals surface area contributed by atoms with Gasteiger partial charge in [-0.15, -0.1) is 0 Å². The van der Waals surface area contributed by atoms with Crippen molar-refractivity contribution in [3.8, 4) is 6.07 Å². The van der Waals surface area contributed by atoms with E-state index in [1.807, 2.05) is 48.6 Å². The first-order valence-corrected chi connectivity index (χ1v) is 15.8. The van der Waals surface area contributed by atoms with Gasteiger partial charge in [0, 0.05) is 34.5 Å². The highest BCUT2D eigenvalue weighted by molar-refractivity contribution is 6.08. The molecule has 236 valence electrons. The van der Waals surface area contributed by atoms with Gasteiger partial charge in [-0.3, -0.25) is 9.59 Å². The highest BCUT2D eigenvalue weighted by Gasteiger charge is 2.45. The van der Waals surface area contributed by atoms with Gasteiger partial charge in [0.15, 0.2) is 12.3 Å². The number of nitrogens with zero attached hydrogens (tertiary/aromatic N) is 3. The third kappa shape index (κ3) is 5.50. The fraction of sp³-hybridized carbons (Fsp3) is 0.250. The highest BCUT2D eigenvalue weighted by atomic mass is 16.5. The van der Waals surface area contributed by atoms with Gasteiger partial charge in [-0.05, 0) is 71.3 Å². The maximum atomic E-state index is 11.6. The van der Waals surface area contributed by atoms with E-state index in [1.54, 1.807) is 0 Å². The van der Waals surface area contributed by atoms with Gasteiger partial charge < -0.3 is 14.7 Å². The number of carbonyl (C=O) groups is 2. The number of benzene rings is 4. The standard InChI is InChI=1S/C40H37N3O4/c1-39(2)34(42(22-21-36(45)46)32-17-15-28-9-5-7-11-30(28)37(32)39)19-13-27(25-41)14-20-35-40(3,4)38-31-12-8-6-10-29(31)16-18-33(38)43(35)23-24-47-26-44/h5-20,26H,21-24H2,1-4H3/p+1. The Morgan fingerprint density at radius 2 is 1.60 bits per heavy atom. The first kappa shape index (κ1) is 31.5. The molecule has 4 aromatic rings. The van der Waals surface area contributed by atoms with Crippen molar-refractivity contribution < 1.29 is 24.0 Å². The topological polar surface area (TPSA) is 93.6 Å². The number of anilines is 1. The molecule has 4 aromatic carbocycles. The summed E-state index contributed by atoms with van der Waals surface area (Å²) in [6.45, 7) is 10.1. The van der Waals surface area contributed by atoms with Gasteiger partial charge in [-0.2, -0.15) is 9.84 Å². The molecular formula is C40H38N3O4+. The Morgan fingerprint density at radius 3 is 2.26 bits per heavy atom. The molecule has 0 aliphatic carbocycles. The van der Waals surface area contributed by atoms with Crippen LogP contribution in [0.5, 0.6) is 0 Å². The number of ether oxygens (including phenoxy) is 1. The van der Waals surface area contributed by atoms with Crippen LogP contribution in [0.1, 0.15) is 45.2 Å². The molecule has 2 aliphatic rings. The Labute approximate surface area is 275 Å². The zero-order valence-electron chi connectivity index (χ0n) is 27.2. The average molecular weight is 625 g/mol. The number of carbonyl (C=O) groups excluding carboxylic acids is 1. The molecule has 2 heterocycles. The molecule has 0 fully saturated rings. The van der Waals surface area contributed by atoms with E-state index < -0.39 is 16.8 Å². The molecule has 1 N–H and O–H groups in total. The molecule has 0 amide bonds. The van der Waals surface area contributed by atoms with Crippen molar-refractivity contribution in [2.45, 2.75) is 44.9 Å². The summed E-state index contributed by atoms with van der Waals surface area (Å²) in [5.74, 6) is -0.861. The predicted molar refractivity (Wildman–Crippen MR) is 186 cm³/mol. The van der Waals surface area contributed by atoms with Gasteiger partial charge in [-0.1, -0.05) is 68.4 Å². The molecule has 6 rings (SSSR count). The largest absolute Gasteiger partial charge is 0.481 e. The number of allylic oxidation sites excluding steroid dienone is 6. The number of carboxylic acids is 1. The summed E-state index contributed by atoms with van der Waals surface area (Å²) >= 11 is 0. The first-order chi connectivity index (χ1) is 22.6. The number of hydrogen-bond donors (Lipinski definition) is 1. The van der Waals surface area contributed by atoms with Crippen LogP contribution in [-0.2, 0) is 25.2 Å². The van der Waals surface area contributed by atoms with Crippen LogP contribution >= 0.6 is 0 Å². The van der Waals surface area contributed by atoms with Gasteiger partial charge in [-0.25, -0.2) is 0 Å². The molecule has 0 radical (unpaired) electrons. The lowest BCUT2D eigenvalue weighted by Gasteiger charge is -2.26. The quantitative estimate of drug-likeness (QED) is 0.0639. The van der Waals surface area contributed by atoms with Gasteiger partial charge >= 0.3 is 5.97 Å². The first-order valence-electron chi connectivity index (χ1n) is 15.8. The molecule has 0 aromatic heterocycles. The predicted octanol–water partition coefficient (Wildman–Crippen LogP) is 7.70. The van der Waals surface area contributed by atoms with Crippen LogP contribution < -0.4 is 4.90 Å². The minimum Gasteiger partial charge on any atom is -0.481 e. The summed E-state index contributed by atoms with van der Waals surface area (Å²) in [6.07, 6.45) is 7.60. The van der Waals surface area contributed by atoms with E-state index in [4.69, 9.17) is 4.74 Å². The van der Waals surface area contributed by atoms with Crippen molar-refractivity contribution in [2.24, 2.45) is 0 Å². The van der Waals surface area contributed by atoms with E-state index in [0.29, 0.717) is 25.1 Å². The van der Waals surface area contributed by atoms with Crippen LogP contribution in [0.4, 0.5) is 11.4 Å². The second-order valence-corrected chi connectivity index (χ2v) is 13.0. The smallest absolute Gasteiger partial charge is 0.309 e. The third-order valence-electron chi connectivity index (χ3n) is 9.53. The number of aliphatic carboxylic acids is 1. The summed E-state index contributed by atoms with van der Waals surface area (Å²) in [5.41, 5.74) is 5.95. The van der Waals surface area contributed by atoms with Crippen LogP contribution in [0.2, 0.25) is 0 Å². The van der Waals surface area contributed by atoms with Crippen molar-refractivity contribution in [1.82, 2.24) is 0 Å². The molecular weight excluding hydrogens is 586 g/mol. The molecule has 0 bridgehead atoms. The zero-order valence-corrected chi connectivity index (χ0v) is 27.2. The summed E-state index contributed by atoms with van der Waals surface area (Å²) in [7, 11) is 0. The van der Waals surface area contributed by atoms with Crippen LogP contribution in [-0.4, -0.2) is 47.5 Å². The second kappa shape index (κ2) is 12.4. The fourth-order valence-electron chi connectivity index (χ4n) is 7.42. The molecule has 0 atom stereocenters. The molecule has 0 saturated heterocycles. The van der Waals surface area contributed by atoms with Crippen LogP contribution in [0.25, 0.3) is 21.5 Å². The summed E-state index contributed by atoms with van der Waals surface area (Å²) < 4.78 is 7.18. The van der Waals surface area contributed by atoms with E-state index in [0.717, 1.165) is 49.9 Å². The summed E-state index contributed by atoms with van der Waals surface area (Å²) in [5, 5.41) is 24.4. The number of hydrogen-bond acceptors (Lipinski definition) is 5. The van der Waals surface area contributed by atoms with Crippen LogP contribution in [0, 0.1) is 11.3 Å². The van der Waals surface area contributed by atoms with Crippen molar-refractivity contribution in [3.05, 3.63) is 119 Å². The molecule has 0 saturated carbocycles. The molecule has 7 nitrogen and oxygen atoms in total. The Bertz CT molecular complexity index is 2090. The van der Waals surface area contributed by atoms with Crippen molar-refractivity contribution in [3.63, 3.8) is 0 Å². The molecule has 0 spiro atoms. The maximum Gasteiger partial charge on any atom is 0.309 e. The number of carboxylic acid groups (broad SMARTS) is 1. The highest BCUT2D eigenvalue weighted by Crippen LogP contribution is 2.50. The zero-order chi connectivity index (χ0) is 33.3. The van der Waals surface area contributed by atoms with E-state index in [-0.39, 0.29) is 13.0 Å². The molecule has 2 aliphatic heterocycles. The van der Waals surface area contributed by atoms with Crippen molar-refractivity contribution >= 4 is 51.1 Å². The Morgan fingerprint density at radius 1 is 0.936 bits per heavy atom. The summed E-state index contributed by atoms with van der Waals surface area (Å²) in [4.78, 5) is 24.8. The minimum atomic E-state index is -0.861. The van der Waals surface area contributed by atoms with Crippen molar-refractivity contribution in [2.75, 3.05) is 24.6 Å². The Balaban J connectivity index is 1.42. The van der Waals surface area contributed by atoms with Gasteiger partial charge in [0.05, 0.1) is 23.6 Å². The van der Waals surface area contributed by atoms with E-state index in [9.17, 15) is 20.0 Å². The van der Waals surface area contributed by atoms with Gasteiger partial charge in [0.2, 0.25) is 5.69 Å². The second-order valence-electron chi connectivity index (χ2n) is 13.0. The lowest BCUT2D eigenvalue weighted by atomic mass is 9.79. The van der Waals surface area contributed by atoms with Crippen molar-refractivity contribution in [1.29, 1.82) is 5.26 Å². The Kier molecular flexibility index (Phi) is 8.29. The van der Waals surface area contributed by atoms with Crippen LogP contribution in [0.3, 0.4) is 0 Å². The number of nitriles is 1. The molecule has 47 heavy (non-hydrogen) atoms. The number of fused-ring (bicyclic) bond motifs is 6. The van der Waals surface area contributed by atoms with E-state index >= 15 is 0 Å². The number of rotatable bonds is 10.